The number of anilines is 2. The van der Waals surface area contributed by atoms with Gasteiger partial charge < -0.3 is 25.6 Å². The first-order valence-corrected chi connectivity index (χ1v) is 14.7. The van der Waals surface area contributed by atoms with Gasteiger partial charge in [0.1, 0.15) is 10.6 Å². The lowest BCUT2D eigenvalue weighted by Gasteiger charge is -2.34. The Hall–Kier alpha value is -3.25. The summed E-state index contributed by atoms with van der Waals surface area (Å²) >= 11 is 0. The van der Waals surface area contributed by atoms with Crippen molar-refractivity contribution in [3.05, 3.63) is 36.0 Å². The summed E-state index contributed by atoms with van der Waals surface area (Å²) in [7, 11) is -3.59. The lowest BCUT2D eigenvalue weighted by molar-refractivity contribution is -0.118. The molecule has 1 atom stereocenters. The van der Waals surface area contributed by atoms with Crippen molar-refractivity contribution >= 4 is 33.3 Å². The van der Waals surface area contributed by atoms with Crippen molar-refractivity contribution in [2.75, 3.05) is 42.3 Å². The van der Waals surface area contributed by atoms with Crippen LogP contribution in [0.4, 0.5) is 16.3 Å². The molecule has 0 unspecified atom stereocenters. The van der Waals surface area contributed by atoms with E-state index in [4.69, 9.17) is 14.7 Å². The number of carbonyl (C=O) groups is 2. The van der Waals surface area contributed by atoms with Crippen molar-refractivity contribution in [1.82, 2.24) is 20.6 Å². The smallest absolute Gasteiger partial charge is 0.319 e. The number of morpholine rings is 1. The van der Waals surface area contributed by atoms with Gasteiger partial charge in [-0.1, -0.05) is 0 Å². The van der Waals surface area contributed by atoms with Gasteiger partial charge in [0.2, 0.25) is 5.91 Å². The molecule has 0 radical (unpaired) electrons. The molecule has 11 nitrogen and oxygen atoms in total. The topological polar surface area (TPSA) is 143 Å². The number of nitrogens with zero attached hydrogens (tertiary/aromatic N) is 3. The van der Waals surface area contributed by atoms with Crippen LogP contribution in [0, 0.1) is 0 Å². The largest absolute Gasteiger partial charge is 0.377 e. The summed E-state index contributed by atoms with van der Waals surface area (Å²) in [6, 6.07) is 9.11. The van der Waals surface area contributed by atoms with Crippen LogP contribution in [-0.2, 0) is 24.1 Å². The molecule has 3 aliphatic rings. The number of benzene rings is 1. The molecule has 3 amide bonds. The number of urea groups is 1. The second kappa shape index (κ2) is 10.5. The fraction of sp³-hybridized carbons (Fsp3) is 0.538. The zero-order valence-electron chi connectivity index (χ0n) is 21.7. The normalized spacial score (nSPS) is 20.5. The molecule has 3 fully saturated rings. The van der Waals surface area contributed by atoms with Gasteiger partial charge >= 0.3 is 6.03 Å². The molecule has 3 N–H and O–H groups in total. The van der Waals surface area contributed by atoms with Crippen LogP contribution in [-0.4, -0.2) is 74.5 Å². The molecule has 0 spiro atoms. The average Bonchev–Trinajstić information content (AvgIpc) is 3.80. The maximum Gasteiger partial charge on any atom is 0.319 e. The molecule has 2 aromatic rings. The van der Waals surface area contributed by atoms with E-state index in [1.54, 1.807) is 18.2 Å². The Morgan fingerprint density at radius 2 is 1.89 bits per heavy atom. The summed E-state index contributed by atoms with van der Waals surface area (Å²) in [5.74, 6) is 0.669. The summed E-state index contributed by atoms with van der Waals surface area (Å²) in [4.78, 5) is 35.1. The van der Waals surface area contributed by atoms with Crippen LogP contribution in [0.25, 0.3) is 11.4 Å². The van der Waals surface area contributed by atoms with Crippen molar-refractivity contribution in [2.45, 2.75) is 56.4 Å². The average molecular weight is 543 g/mol. The molecule has 1 aromatic heterocycles. The minimum Gasteiger partial charge on any atom is -0.377 e. The monoisotopic (exact) mass is 542 g/mol. The van der Waals surface area contributed by atoms with E-state index in [1.165, 1.54) is 6.92 Å². The molecule has 2 aliphatic carbocycles. The van der Waals surface area contributed by atoms with Crippen molar-refractivity contribution < 1.29 is 22.7 Å². The lowest BCUT2D eigenvalue weighted by Crippen LogP contribution is -2.44. The van der Waals surface area contributed by atoms with Crippen molar-refractivity contribution in [2.24, 2.45) is 0 Å². The third-order valence-corrected chi connectivity index (χ3v) is 9.75. The van der Waals surface area contributed by atoms with E-state index in [9.17, 15) is 18.0 Å². The fourth-order valence-corrected chi connectivity index (χ4v) is 6.60. The molecular weight excluding hydrogens is 508 g/mol. The second-order valence-corrected chi connectivity index (χ2v) is 12.7. The minimum atomic E-state index is -3.59. The SMILES string of the molecule is CC(=O)NCCS(=O)(=O)C1(c2cc(N3CCOC[C@@H]3C)nc(-c3ccc(NC(=O)NC4CC4)cc3)n2)CC1. The second-order valence-electron chi connectivity index (χ2n) is 10.3. The molecule has 2 saturated carbocycles. The summed E-state index contributed by atoms with van der Waals surface area (Å²) in [6.07, 6.45) is 2.97. The number of ether oxygens (including phenoxy) is 1. The van der Waals surface area contributed by atoms with Crippen molar-refractivity contribution in [3.8, 4) is 11.4 Å². The van der Waals surface area contributed by atoms with E-state index in [0.29, 0.717) is 61.2 Å². The standard InChI is InChI=1S/C26H34N6O5S/c1-17-16-37-13-12-32(17)23-15-22(26(9-10-26)38(35,36)14-11-27-18(2)33)30-24(31-23)19-3-5-20(6-4-19)28-25(34)29-21-7-8-21/h3-6,15,17,21H,7-14,16H2,1-2H3,(H,27,33)(H2,28,29,34)/t17-/m0/s1. The Labute approximate surface area is 222 Å². The molecule has 38 heavy (non-hydrogen) atoms. The van der Waals surface area contributed by atoms with Gasteiger partial charge in [0.25, 0.3) is 0 Å². The van der Waals surface area contributed by atoms with Crippen LogP contribution < -0.4 is 20.9 Å². The van der Waals surface area contributed by atoms with Crippen LogP contribution in [0.3, 0.4) is 0 Å². The van der Waals surface area contributed by atoms with E-state index in [0.717, 1.165) is 12.8 Å². The number of hydrogen-bond donors (Lipinski definition) is 3. The number of carbonyl (C=O) groups excluding carboxylic acids is 2. The highest BCUT2D eigenvalue weighted by Crippen LogP contribution is 2.53. The molecule has 0 bridgehead atoms. The summed E-state index contributed by atoms with van der Waals surface area (Å²) in [6.45, 7) is 5.23. The van der Waals surface area contributed by atoms with Crippen LogP contribution in [0.15, 0.2) is 30.3 Å². The maximum absolute atomic E-state index is 13.4. The highest BCUT2D eigenvalue weighted by molar-refractivity contribution is 7.92. The molecule has 1 aromatic carbocycles. The summed E-state index contributed by atoms with van der Waals surface area (Å²) in [5.41, 5.74) is 1.84. The summed E-state index contributed by atoms with van der Waals surface area (Å²) in [5, 5.41) is 8.31. The maximum atomic E-state index is 13.4. The number of sulfone groups is 1. The Bertz CT molecular complexity index is 1310. The molecule has 12 heteroatoms. The van der Waals surface area contributed by atoms with Gasteiger partial charge in [0, 0.05) is 43.4 Å². The molecule has 2 heterocycles. The number of rotatable bonds is 9. The number of nitrogens with one attached hydrogen (secondary N) is 3. The van der Waals surface area contributed by atoms with E-state index in [2.05, 4.69) is 20.9 Å². The van der Waals surface area contributed by atoms with Gasteiger partial charge in [0.15, 0.2) is 15.7 Å². The van der Waals surface area contributed by atoms with E-state index < -0.39 is 14.6 Å². The van der Waals surface area contributed by atoms with Gasteiger partial charge in [0.05, 0.1) is 30.7 Å². The van der Waals surface area contributed by atoms with Gasteiger partial charge in [-0.15, -0.1) is 0 Å². The summed E-state index contributed by atoms with van der Waals surface area (Å²) < 4.78 is 31.4. The first kappa shape index (κ1) is 26.4. The van der Waals surface area contributed by atoms with Gasteiger partial charge in [-0.3, -0.25) is 4.79 Å². The Morgan fingerprint density at radius 3 is 2.53 bits per heavy atom. The minimum absolute atomic E-state index is 0.0630. The Kier molecular flexibility index (Phi) is 7.28. The number of amides is 3. The third-order valence-electron chi connectivity index (χ3n) is 7.20. The van der Waals surface area contributed by atoms with Crippen LogP contribution >= 0.6 is 0 Å². The lowest BCUT2D eigenvalue weighted by atomic mass is 10.1. The molecule has 5 rings (SSSR count). The molecular formula is C26H34N6O5S. The van der Waals surface area contributed by atoms with E-state index in [-0.39, 0.29) is 36.3 Å². The quantitative estimate of drug-likeness (QED) is 0.438. The van der Waals surface area contributed by atoms with Gasteiger partial charge in [-0.25, -0.2) is 23.2 Å². The zero-order chi connectivity index (χ0) is 26.9. The van der Waals surface area contributed by atoms with E-state index in [1.807, 2.05) is 19.1 Å². The van der Waals surface area contributed by atoms with Crippen molar-refractivity contribution in [1.29, 1.82) is 0 Å². The van der Waals surface area contributed by atoms with Crippen LogP contribution in [0.2, 0.25) is 0 Å². The molecule has 204 valence electrons. The Balaban J connectivity index is 1.45. The molecule has 1 aliphatic heterocycles. The highest BCUT2D eigenvalue weighted by atomic mass is 32.2. The van der Waals surface area contributed by atoms with E-state index >= 15 is 0 Å². The van der Waals surface area contributed by atoms with Gasteiger partial charge in [-0.05, 0) is 56.9 Å². The first-order chi connectivity index (χ1) is 18.2. The molecule has 1 saturated heterocycles. The zero-order valence-corrected chi connectivity index (χ0v) is 22.5. The van der Waals surface area contributed by atoms with Crippen molar-refractivity contribution in [3.63, 3.8) is 0 Å². The number of aromatic nitrogens is 2. The van der Waals surface area contributed by atoms with Crippen LogP contribution in [0.5, 0.6) is 0 Å². The highest BCUT2D eigenvalue weighted by Gasteiger charge is 2.57. The van der Waals surface area contributed by atoms with Crippen LogP contribution in [0.1, 0.15) is 45.2 Å². The third kappa shape index (κ3) is 5.75. The predicted octanol–water partition coefficient (Wildman–Crippen LogP) is 2.19. The van der Waals surface area contributed by atoms with Gasteiger partial charge in [-0.2, -0.15) is 0 Å². The number of hydrogen-bond acceptors (Lipinski definition) is 8. The first-order valence-electron chi connectivity index (χ1n) is 13.1. The fourth-order valence-electron chi connectivity index (χ4n) is 4.69. The Morgan fingerprint density at radius 1 is 1.16 bits per heavy atom. The predicted molar refractivity (Wildman–Crippen MR) is 144 cm³/mol.